The van der Waals surface area contributed by atoms with Gasteiger partial charge in [0, 0.05) is 22.0 Å². The Morgan fingerprint density at radius 2 is 1.57 bits per heavy atom. The number of nitrogens with zero attached hydrogens (tertiary/aromatic N) is 2. The summed E-state index contributed by atoms with van der Waals surface area (Å²) in [6.45, 7) is 0.276. The largest absolute Gasteiger partial charge is 0.310 e. The highest BCUT2D eigenvalue weighted by molar-refractivity contribution is 7.01. The molecule has 126 valence electrons. The van der Waals surface area contributed by atoms with Crippen LogP contribution in [-0.2, 0) is 0 Å². The summed E-state index contributed by atoms with van der Waals surface area (Å²) in [4.78, 5) is 0. The van der Waals surface area contributed by atoms with Crippen LogP contribution in [0, 0.1) is 11.3 Å². The zero-order chi connectivity index (χ0) is 18.4. The predicted molar refractivity (Wildman–Crippen MR) is 116 cm³/mol. The molecule has 3 heteroatoms. The van der Waals surface area contributed by atoms with E-state index >= 15 is 0 Å². The average Bonchev–Trinajstić information content (AvgIpc) is 3.26. The molecule has 5 aromatic rings. The van der Waals surface area contributed by atoms with Gasteiger partial charge in [-0.25, -0.2) is 0 Å². The molecule has 7 rings (SSSR count). The molecule has 0 unspecified atom stereocenters. The van der Waals surface area contributed by atoms with E-state index in [4.69, 9.17) is 0 Å². The molecule has 0 spiro atoms. The van der Waals surface area contributed by atoms with Crippen molar-refractivity contribution in [1.82, 2.24) is 4.57 Å². The van der Waals surface area contributed by atoms with E-state index in [1.54, 1.807) is 0 Å². The third-order valence-electron chi connectivity index (χ3n) is 6.44. The molecule has 0 amide bonds. The topological polar surface area (TPSA) is 28.7 Å². The average molecular weight is 352 g/mol. The fraction of sp³-hybridized carbons (Fsp3) is 0. The van der Waals surface area contributed by atoms with Crippen molar-refractivity contribution in [3.8, 4) is 22.9 Å². The highest BCUT2D eigenvalue weighted by Gasteiger charge is 2.40. The molecule has 0 radical (unpaired) electrons. The predicted octanol–water partition coefficient (Wildman–Crippen LogP) is 3.47. The van der Waals surface area contributed by atoms with Gasteiger partial charge in [0.1, 0.15) is 0 Å². The van der Waals surface area contributed by atoms with Crippen LogP contribution in [-0.4, -0.2) is 11.3 Å². The van der Waals surface area contributed by atoms with E-state index in [-0.39, 0.29) is 6.71 Å². The van der Waals surface area contributed by atoms with Gasteiger partial charge in [-0.15, -0.1) is 0 Å². The highest BCUT2D eigenvalue weighted by Crippen LogP contribution is 2.38. The third kappa shape index (κ3) is 1.48. The van der Waals surface area contributed by atoms with Crippen LogP contribution in [0.5, 0.6) is 0 Å². The summed E-state index contributed by atoms with van der Waals surface area (Å²) in [7, 11) is 0. The van der Waals surface area contributed by atoms with E-state index in [2.05, 4.69) is 77.4 Å². The lowest BCUT2D eigenvalue weighted by atomic mass is 9.37. The van der Waals surface area contributed by atoms with Gasteiger partial charge in [-0.05, 0) is 46.3 Å². The van der Waals surface area contributed by atoms with Gasteiger partial charge in [0.05, 0.1) is 17.1 Å². The first-order valence-corrected chi connectivity index (χ1v) is 9.56. The Morgan fingerprint density at radius 3 is 2.46 bits per heavy atom. The molecule has 4 aromatic carbocycles. The van der Waals surface area contributed by atoms with Gasteiger partial charge >= 0.3 is 0 Å². The van der Waals surface area contributed by atoms with E-state index in [1.165, 1.54) is 49.6 Å². The van der Waals surface area contributed by atoms with Crippen molar-refractivity contribution in [3.05, 3.63) is 84.4 Å². The van der Waals surface area contributed by atoms with Crippen LogP contribution in [0.3, 0.4) is 0 Å². The van der Waals surface area contributed by atoms with Crippen LogP contribution in [0.2, 0.25) is 0 Å². The van der Waals surface area contributed by atoms with E-state index in [0.717, 1.165) is 5.39 Å². The maximum atomic E-state index is 9.42. The first-order chi connectivity index (χ1) is 13.9. The summed E-state index contributed by atoms with van der Waals surface area (Å²) in [5.41, 5.74) is 11.3. The molecule has 28 heavy (non-hydrogen) atoms. The quantitative estimate of drug-likeness (QED) is 0.384. The van der Waals surface area contributed by atoms with Gasteiger partial charge in [0.15, 0.2) is 0 Å². The number of benzene rings is 4. The van der Waals surface area contributed by atoms with Crippen molar-refractivity contribution >= 4 is 44.9 Å². The van der Waals surface area contributed by atoms with Gasteiger partial charge in [-0.3, -0.25) is 0 Å². The number of fused-ring (bicyclic) bond motifs is 9. The van der Waals surface area contributed by atoms with Crippen molar-refractivity contribution < 1.29 is 0 Å². The van der Waals surface area contributed by atoms with Gasteiger partial charge in [-0.2, -0.15) is 5.26 Å². The molecule has 0 aliphatic carbocycles. The van der Waals surface area contributed by atoms with Crippen LogP contribution in [0.15, 0.2) is 78.9 Å². The molecule has 0 N–H and O–H groups in total. The Morgan fingerprint density at radius 1 is 0.750 bits per heavy atom. The van der Waals surface area contributed by atoms with E-state index in [1.807, 2.05) is 12.1 Å². The number of hydrogen-bond donors (Lipinski definition) is 0. The van der Waals surface area contributed by atoms with Crippen molar-refractivity contribution in [3.63, 3.8) is 0 Å². The van der Waals surface area contributed by atoms with Crippen molar-refractivity contribution in [2.24, 2.45) is 0 Å². The monoisotopic (exact) mass is 352 g/mol. The Hall–Kier alpha value is -3.77. The second-order valence-electron chi connectivity index (χ2n) is 7.68. The van der Waals surface area contributed by atoms with E-state index in [0.29, 0.717) is 5.56 Å². The maximum absolute atomic E-state index is 9.42. The molecule has 3 heterocycles. The van der Waals surface area contributed by atoms with E-state index < -0.39 is 0 Å². The summed E-state index contributed by atoms with van der Waals surface area (Å²) in [5, 5.41) is 11.8. The molecule has 0 atom stereocenters. The molecule has 1 aromatic heterocycles. The molecule has 2 aliphatic heterocycles. The van der Waals surface area contributed by atoms with Gasteiger partial charge in [-0.1, -0.05) is 60.1 Å². The Labute approximate surface area is 162 Å². The second-order valence-corrected chi connectivity index (χ2v) is 7.68. The van der Waals surface area contributed by atoms with Crippen LogP contribution < -0.4 is 16.4 Å². The minimum Gasteiger partial charge on any atom is -0.310 e. The highest BCUT2D eigenvalue weighted by atomic mass is 15.0. The standard InChI is InChI=1S/C25H13BN2/c27-14-15-9-12-22-19(13-15)18-11-10-17-16-5-1-2-6-20(16)26-21-7-3-4-8-23(21)28(22)25(18)24(17)26/h1-13H. The maximum Gasteiger partial charge on any atom is 0.248 e. The summed E-state index contributed by atoms with van der Waals surface area (Å²) >= 11 is 0. The van der Waals surface area contributed by atoms with Gasteiger partial charge < -0.3 is 4.57 Å². The minimum absolute atomic E-state index is 0.276. The zero-order valence-electron chi connectivity index (χ0n) is 15.0. The van der Waals surface area contributed by atoms with Crippen LogP contribution in [0.25, 0.3) is 38.6 Å². The number of rotatable bonds is 0. The Bertz CT molecular complexity index is 1530. The summed E-state index contributed by atoms with van der Waals surface area (Å²) in [5.74, 6) is 0. The minimum atomic E-state index is 0.276. The molecular weight excluding hydrogens is 339 g/mol. The van der Waals surface area contributed by atoms with Crippen molar-refractivity contribution in [1.29, 1.82) is 5.26 Å². The smallest absolute Gasteiger partial charge is 0.248 e. The zero-order valence-corrected chi connectivity index (χ0v) is 15.0. The SMILES string of the molecule is N#Cc1ccc2c(c1)c1ccc3c4c1n2-c1ccccc1B4c1ccccc1-3. The second kappa shape index (κ2) is 4.74. The van der Waals surface area contributed by atoms with Crippen molar-refractivity contribution in [2.45, 2.75) is 0 Å². The van der Waals surface area contributed by atoms with E-state index in [9.17, 15) is 5.26 Å². The summed E-state index contributed by atoms with van der Waals surface area (Å²) in [6, 6.07) is 30.4. The fourth-order valence-electron chi connectivity index (χ4n) is 5.39. The van der Waals surface area contributed by atoms with Crippen LogP contribution in [0.1, 0.15) is 5.56 Å². The third-order valence-corrected chi connectivity index (χ3v) is 6.44. The lowest BCUT2D eigenvalue weighted by molar-refractivity contribution is 1.19. The fourth-order valence-corrected chi connectivity index (χ4v) is 5.39. The lowest BCUT2D eigenvalue weighted by Crippen LogP contribution is -2.53. The van der Waals surface area contributed by atoms with Crippen LogP contribution in [0.4, 0.5) is 0 Å². The van der Waals surface area contributed by atoms with Gasteiger partial charge in [0.2, 0.25) is 6.71 Å². The van der Waals surface area contributed by atoms with Crippen molar-refractivity contribution in [2.75, 3.05) is 0 Å². The molecule has 0 saturated carbocycles. The first kappa shape index (κ1) is 14.3. The number of hydrogen-bond acceptors (Lipinski definition) is 1. The molecular formula is C25H13BN2. The number of para-hydroxylation sites is 1. The number of nitriles is 1. The molecule has 0 bridgehead atoms. The first-order valence-electron chi connectivity index (χ1n) is 9.56. The van der Waals surface area contributed by atoms with Gasteiger partial charge in [0.25, 0.3) is 0 Å². The summed E-state index contributed by atoms with van der Waals surface area (Å²) < 4.78 is 2.41. The van der Waals surface area contributed by atoms with Crippen LogP contribution >= 0.6 is 0 Å². The lowest BCUT2D eigenvalue weighted by Gasteiger charge is -2.24. The molecule has 2 aliphatic rings. The normalized spacial score (nSPS) is 12.9. The Balaban J connectivity index is 1.78. The number of aromatic nitrogens is 1. The summed E-state index contributed by atoms with van der Waals surface area (Å²) in [6.07, 6.45) is 0. The molecule has 0 fully saturated rings. The molecule has 0 saturated heterocycles. The molecule has 2 nitrogen and oxygen atoms in total. The Kier molecular flexibility index (Phi) is 2.42.